The van der Waals surface area contributed by atoms with Crippen molar-refractivity contribution in [2.45, 2.75) is 38.6 Å². The van der Waals surface area contributed by atoms with E-state index in [2.05, 4.69) is 31.3 Å². The fourth-order valence-electron chi connectivity index (χ4n) is 2.64. The molecule has 0 unspecified atom stereocenters. The number of benzene rings is 2. The van der Waals surface area contributed by atoms with Gasteiger partial charge in [-0.25, -0.2) is 4.79 Å². The summed E-state index contributed by atoms with van der Waals surface area (Å²) in [5, 5.41) is 11.5. The molecule has 0 radical (unpaired) electrons. The average molecular weight is 355 g/mol. The lowest BCUT2D eigenvalue weighted by Crippen LogP contribution is -2.26. The molecule has 2 aromatic carbocycles. The Morgan fingerprint density at radius 3 is 2.50 bits per heavy atom. The van der Waals surface area contributed by atoms with Crippen LogP contribution in [0.15, 0.2) is 54.6 Å². The minimum atomic E-state index is -1.02. The lowest BCUT2D eigenvalue weighted by Gasteiger charge is -2.25. The van der Waals surface area contributed by atoms with Gasteiger partial charge in [-0.05, 0) is 35.1 Å². The molecule has 0 aliphatic rings. The van der Waals surface area contributed by atoms with Crippen molar-refractivity contribution in [2.75, 3.05) is 6.61 Å². The number of carboxylic acids is 1. The first-order valence-corrected chi connectivity index (χ1v) is 8.62. The number of amides is 1. The van der Waals surface area contributed by atoms with Crippen LogP contribution in [0.4, 0.5) is 0 Å². The number of rotatable bonds is 9. The van der Waals surface area contributed by atoms with E-state index in [4.69, 9.17) is 9.84 Å². The Bertz CT molecular complexity index is 741. The third-order valence-electron chi connectivity index (χ3n) is 4.28. The third kappa shape index (κ3) is 6.24. The largest absolute Gasteiger partial charge is 0.482 e. The molecule has 0 saturated carbocycles. The van der Waals surface area contributed by atoms with Crippen LogP contribution in [0, 0.1) is 0 Å². The van der Waals surface area contributed by atoms with Crippen molar-refractivity contribution in [1.82, 2.24) is 5.32 Å². The van der Waals surface area contributed by atoms with Gasteiger partial charge in [0.15, 0.2) is 6.61 Å². The average Bonchev–Trinajstić information content (AvgIpc) is 2.64. The maximum atomic E-state index is 12.2. The number of ether oxygens (including phenoxy) is 1. The van der Waals surface area contributed by atoms with E-state index in [1.165, 1.54) is 5.56 Å². The third-order valence-corrected chi connectivity index (χ3v) is 4.28. The summed E-state index contributed by atoms with van der Waals surface area (Å²) in [4.78, 5) is 22.7. The summed E-state index contributed by atoms with van der Waals surface area (Å²) in [6.07, 6.45) is 1.20. The molecule has 0 bridgehead atoms. The van der Waals surface area contributed by atoms with Gasteiger partial charge in [0.05, 0.1) is 0 Å². The molecular formula is C21H25NO4. The van der Waals surface area contributed by atoms with Gasteiger partial charge < -0.3 is 15.2 Å². The van der Waals surface area contributed by atoms with E-state index < -0.39 is 5.97 Å². The molecule has 0 spiro atoms. The zero-order chi connectivity index (χ0) is 19.0. The van der Waals surface area contributed by atoms with E-state index in [-0.39, 0.29) is 17.9 Å². The zero-order valence-corrected chi connectivity index (χ0v) is 15.2. The Morgan fingerprint density at radius 2 is 1.81 bits per heavy atom. The molecule has 2 aromatic rings. The smallest absolute Gasteiger partial charge is 0.341 e. The minimum absolute atomic E-state index is 0.00846. The molecule has 26 heavy (non-hydrogen) atoms. The summed E-state index contributed by atoms with van der Waals surface area (Å²) >= 11 is 0. The van der Waals surface area contributed by atoms with Crippen LogP contribution in [0.3, 0.4) is 0 Å². The fourth-order valence-corrected chi connectivity index (χ4v) is 2.64. The molecule has 0 aliphatic heterocycles. The van der Waals surface area contributed by atoms with Crippen molar-refractivity contribution < 1.29 is 19.4 Å². The molecule has 0 fully saturated rings. The van der Waals surface area contributed by atoms with Gasteiger partial charge in [-0.1, -0.05) is 56.3 Å². The number of carboxylic acid groups (broad SMARTS) is 1. The van der Waals surface area contributed by atoms with Gasteiger partial charge >= 0.3 is 5.97 Å². The van der Waals surface area contributed by atoms with Crippen molar-refractivity contribution in [2.24, 2.45) is 0 Å². The van der Waals surface area contributed by atoms with Crippen LogP contribution in [0.2, 0.25) is 0 Å². The van der Waals surface area contributed by atoms with Gasteiger partial charge in [-0.2, -0.15) is 0 Å². The van der Waals surface area contributed by atoms with Gasteiger partial charge in [0.2, 0.25) is 5.91 Å². The SMILES string of the molecule is CC(C)(CCC(=O)NCc1cccc(OCC(=O)O)c1)c1ccccc1. The standard InChI is InChI=1S/C21H25NO4/c1-21(2,17-8-4-3-5-9-17)12-11-19(23)22-14-16-7-6-10-18(13-16)26-15-20(24)25/h3-10,13H,11-12,14-15H2,1-2H3,(H,22,23)(H,24,25). The second-order valence-electron chi connectivity index (χ2n) is 6.86. The van der Waals surface area contributed by atoms with Crippen LogP contribution in [0.1, 0.15) is 37.8 Å². The van der Waals surface area contributed by atoms with Crippen LogP contribution >= 0.6 is 0 Å². The number of carbonyl (C=O) groups excluding carboxylic acids is 1. The topological polar surface area (TPSA) is 75.6 Å². The van der Waals surface area contributed by atoms with E-state index >= 15 is 0 Å². The molecule has 5 nitrogen and oxygen atoms in total. The summed E-state index contributed by atoms with van der Waals surface area (Å²) in [6, 6.07) is 17.2. The van der Waals surface area contributed by atoms with Crippen molar-refractivity contribution in [1.29, 1.82) is 0 Å². The van der Waals surface area contributed by atoms with Gasteiger partial charge in [0.1, 0.15) is 5.75 Å². The highest BCUT2D eigenvalue weighted by atomic mass is 16.5. The first-order chi connectivity index (χ1) is 12.4. The number of carbonyl (C=O) groups is 2. The molecule has 2 N–H and O–H groups in total. The Kier molecular flexibility index (Phi) is 6.78. The summed E-state index contributed by atoms with van der Waals surface area (Å²) < 4.78 is 5.14. The molecule has 0 aromatic heterocycles. The highest BCUT2D eigenvalue weighted by molar-refractivity contribution is 5.76. The lowest BCUT2D eigenvalue weighted by molar-refractivity contribution is -0.139. The second kappa shape index (κ2) is 9.04. The second-order valence-corrected chi connectivity index (χ2v) is 6.86. The van der Waals surface area contributed by atoms with Gasteiger partial charge in [0, 0.05) is 13.0 Å². The van der Waals surface area contributed by atoms with E-state index in [0.717, 1.165) is 12.0 Å². The molecule has 0 aliphatic carbocycles. The summed E-state index contributed by atoms with van der Waals surface area (Å²) in [7, 11) is 0. The van der Waals surface area contributed by atoms with Gasteiger partial charge in [-0.3, -0.25) is 4.79 Å². The van der Waals surface area contributed by atoms with Crippen LogP contribution in [0.5, 0.6) is 5.75 Å². The highest BCUT2D eigenvalue weighted by Crippen LogP contribution is 2.28. The molecular weight excluding hydrogens is 330 g/mol. The van der Waals surface area contributed by atoms with Crippen molar-refractivity contribution >= 4 is 11.9 Å². The van der Waals surface area contributed by atoms with Gasteiger partial charge in [-0.15, -0.1) is 0 Å². The van der Waals surface area contributed by atoms with Gasteiger partial charge in [0.25, 0.3) is 0 Å². The van der Waals surface area contributed by atoms with E-state index in [1.807, 2.05) is 24.3 Å². The Balaban J connectivity index is 1.81. The fraction of sp³-hybridized carbons (Fsp3) is 0.333. The van der Waals surface area contributed by atoms with Crippen LogP contribution in [-0.4, -0.2) is 23.6 Å². The molecule has 0 heterocycles. The number of nitrogens with one attached hydrogen (secondary N) is 1. The van der Waals surface area contributed by atoms with Crippen LogP contribution < -0.4 is 10.1 Å². The molecule has 2 rings (SSSR count). The number of aliphatic carboxylic acids is 1. The monoisotopic (exact) mass is 355 g/mol. The van der Waals surface area contributed by atoms with Crippen molar-refractivity contribution in [3.05, 3.63) is 65.7 Å². The zero-order valence-electron chi connectivity index (χ0n) is 15.2. The van der Waals surface area contributed by atoms with Crippen molar-refractivity contribution in [3.8, 4) is 5.75 Å². The predicted molar refractivity (Wildman–Crippen MR) is 100 cm³/mol. The Morgan fingerprint density at radius 1 is 1.08 bits per heavy atom. The highest BCUT2D eigenvalue weighted by Gasteiger charge is 2.21. The summed E-state index contributed by atoms with van der Waals surface area (Å²) in [5.74, 6) is -0.556. The maximum absolute atomic E-state index is 12.2. The quantitative estimate of drug-likeness (QED) is 0.722. The van der Waals surface area contributed by atoms with Crippen LogP contribution in [0.25, 0.3) is 0 Å². The van der Waals surface area contributed by atoms with E-state index in [0.29, 0.717) is 18.7 Å². The summed E-state index contributed by atoms with van der Waals surface area (Å²) in [6.45, 7) is 4.27. The maximum Gasteiger partial charge on any atom is 0.341 e. The van der Waals surface area contributed by atoms with E-state index in [1.54, 1.807) is 18.2 Å². The normalized spacial score (nSPS) is 11.0. The molecule has 5 heteroatoms. The van der Waals surface area contributed by atoms with Crippen molar-refractivity contribution in [3.63, 3.8) is 0 Å². The minimum Gasteiger partial charge on any atom is -0.482 e. The Labute approximate surface area is 154 Å². The predicted octanol–water partition coefficient (Wildman–Crippen LogP) is 3.52. The Hall–Kier alpha value is -2.82. The van der Waals surface area contributed by atoms with Crippen LogP contribution in [-0.2, 0) is 21.5 Å². The number of hydrogen-bond acceptors (Lipinski definition) is 3. The number of hydrogen-bond donors (Lipinski definition) is 2. The molecule has 138 valence electrons. The molecule has 0 atom stereocenters. The van der Waals surface area contributed by atoms with E-state index in [9.17, 15) is 9.59 Å². The lowest BCUT2D eigenvalue weighted by atomic mass is 9.80. The molecule has 0 saturated heterocycles. The first-order valence-electron chi connectivity index (χ1n) is 8.62. The molecule has 1 amide bonds. The summed E-state index contributed by atoms with van der Waals surface area (Å²) in [5.41, 5.74) is 2.02. The first kappa shape index (κ1) is 19.5.